The number of aromatic nitrogens is 2. The molecule has 0 fully saturated rings. The lowest BCUT2D eigenvalue weighted by atomic mass is 10.1. The highest BCUT2D eigenvalue weighted by Crippen LogP contribution is 2.12. The lowest BCUT2D eigenvalue weighted by Gasteiger charge is -2.13. The second-order valence-corrected chi connectivity index (χ2v) is 5.82. The summed E-state index contributed by atoms with van der Waals surface area (Å²) in [6, 6.07) is 7.82. The number of halogens is 1. The third-order valence-electron chi connectivity index (χ3n) is 2.41. The quantitative estimate of drug-likeness (QED) is 0.898. The van der Waals surface area contributed by atoms with Crippen LogP contribution in [-0.2, 0) is 6.42 Å². The van der Waals surface area contributed by atoms with Crippen molar-refractivity contribution in [3.63, 3.8) is 0 Å². The lowest BCUT2D eigenvalue weighted by Crippen LogP contribution is -2.37. The molecule has 100 valence electrons. The zero-order chi connectivity index (χ0) is 13.7. The minimum absolute atomic E-state index is 0.0362. The fraction of sp³-hybridized carbons (Fsp3) is 0.250. The van der Waals surface area contributed by atoms with Crippen molar-refractivity contribution >= 4 is 38.4 Å². The number of benzene rings is 1. The number of carbonyl (C=O) groups excluding carboxylic acids is 1. The van der Waals surface area contributed by atoms with E-state index in [-0.39, 0.29) is 12.1 Å². The average molecular weight is 341 g/mol. The maximum atomic E-state index is 11.7. The van der Waals surface area contributed by atoms with Crippen LogP contribution in [0, 0.1) is 0 Å². The molecule has 1 atom stereocenters. The second kappa shape index (κ2) is 6.63. The van der Waals surface area contributed by atoms with E-state index in [2.05, 4.69) is 36.8 Å². The first-order chi connectivity index (χ1) is 9.13. The van der Waals surface area contributed by atoms with E-state index < -0.39 is 0 Å². The highest BCUT2D eigenvalue weighted by molar-refractivity contribution is 9.10. The third-order valence-corrected chi connectivity index (χ3v) is 3.55. The van der Waals surface area contributed by atoms with Gasteiger partial charge in [-0.05, 0) is 31.0 Å². The predicted molar refractivity (Wildman–Crippen MR) is 79.4 cm³/mol. The molecule has 19 heavy (non-hydrogen) atoms. The number of hydrogen-bond donors (Lipinski definition) is 2. The zero-order valence-corrected chi connectivity index (χ0v) is 12.7. The van der Waals surface area contributed by atoms with Gasteiger partial charge in [-0.25, -0.2) is 4.79 Å². The van der Waals surface area contributed by atoms with Gasteiger partial charge in [0.2, 0.25) is 5.13 Å². The fourth-order valence-corrected chi connectivity index (χ4v) is 2.31. The van der Waals surface area contributed by atoms with Crippen LogP contribution in [0.25, 0.3) is 0 Å². The number of hydrogen-bond acceptors (Lipinski definition) is 4. The molecule has 0 aliphatic carbocycles. The number of carbonyl (C=O) groups is 1. The molecule has 0 radical (unpaired) electrons. The molecule has 0 spiro atoms. The van der Waals surface area contributed by atoms with E-state index >= 15 is 0 Å². The van der Waals surface area contributed by atoms with E-state index in [0.29, 0.717) is 5.13 Å². The van der Waals surface area contributed by atoms with E-state index in [1.807, 2.05) is 31.2 Å². The number of anilines is 1. The van der Waals surface area contributed by atoms with Gasteiger partial charge in [0.05, 0.1) is 0 Å². The van der Waals surface area contributed by atoms with Crippen molar-refractivity contribution < 1.29 is 4.79 Å². The third kappa shape index (κ3) is 4.60. The van der Waals surface area contributed by atoms with Crippen LogP contribution >= 0.6 is 27.3 Å². The monoisotopic (exact) mass is 340 g/mol. The van der Waals surface area contributed by atoms with E-state index in [4.69, 9.17) is 0 Å². The Labute approximate surface area is 123 Å². The zero-order valence-electron chi connectivity index (χ0n) is 10.3. The summed E-state index contributed by atoms with van der Waals surface area (Å²) >= 11 is 4.68. The van der Waals surface area contributed by atoms with Gasteiger partial charge in [0.1, 0.15) is 5.51 Å². The summed E-state index contributed by atoms with van der Waals surface area (Å²) in [7, 11) is 0. The smallest absolute Gasteiger partial charge is 0.321 e. The number of nitrogens with one attached hydrogen (secondary N) is 2. The van der Waals surface area contributed by atoms with E-state index in [9.17, 15) is 4.79 Å². The predicted octanol–water partition coefficient (Wildman–Crippen LogP) is 3.05. The lowest BCUT2D eigenvalue weighted by molar-refractivity contribution is 0.249. The molecule has 0 aliphatic rings. The Hall–Kier alpha value is -1.47. The van der Waals surface area contributed by atoms with E-state index in [1.165, 1.54) is 16.9 Å². The first-order valence-electron chi connectivity index (χ1n) is 5.71. The summed E-state index contributed by atoms with van der Waals surface area (Å²) in [5.41, 5.74) is 2.74. The van der Waals surface area contributed by atoms with Gasteiger partial charge < -0.3 is 5.32 Å². The molecular formula is C12H13BrN4OS. The van der Waals surface area contributed by atoms with Crippen molar-refractivity contribution in [2.75, 3.05) is 5.32 Å². The summed E-state index contributed by atoms with van der Waals surface area (Å²) in [6.07, 6.45) is 0.775. The summed E-state index contributed by atoms with van der Waals surface area (Å²) < 4.78 is 1.05. The molecule has 1 heterocycles. The van der Waals surface area contributed by atoms with Crippen LogP contribution in [0.1, 0.15) is 12.5 Å². The van der Waals surface area contributed by atoms with Crippen LogP contribution in [0.5, 0.6) is 0 Å². The Balaban J connectivity index is 1.82. The van der Waals surface area contributed by atoms with Crippen molar-refractivity contribution in [2.45, 2.75) is 19.4 Å². The van der Waals surface area contributed by atoms with Crippen molar-refractivity contribution in [3.8, 4) is 0 Å². The Morgan fingerprint density at radius 2 is 2.16 bits per heavy atom. The van der Waals surface area contributed by atoms with Crippen molar-refractivity contribution in [1.82, 2.24) is 15.5 Å². The summed E-state index contributed by atoms with van der Waals surface area (Å²) in [4.78, 5) is 11.7. The summed E-state index contributed by atoms with van der Waals surface area (Å²) in [6.45, 7) is 1.96. The average Bonchev–Trinajstić information content (AvgIpc) is 2.84. The standard InChI is InChI=1S/C12H13BrN4OS/c1-8(6-9-2-4-10(13)5-3-9)15-11(18)16-12-17-14-7-19-12/h2-5,7-8H,6H2,1H3,(H2,15,16,17,18). The molecule has 2 rings (SSSR count). The highest BCUT2D eigenvalue weighted by atomic mass is 79.9. The molecular weight excluding hydrogens is 328 g/mol. The van der Waals surface area contributed by atoms with E-state index in [1.54, 1.807) is 5.51 Å². The van der Waals surface area contributed by atoms with Crippen LogP contribution in [-0.4, -0.2) is 22.3 Å². The molecule has 1 aromatic carbocycles. The maximum absolute atomic E-state index is 11.7. The number of urea groups is 1. The highest BCUT2D eigenvalue weighted by Gasteiger charge is 2.09. The van der Waals surface area contributed by atoms with E-state index in [0.717, 1.165) is 10.9 Å². The van der Waals surface area contributed by atoms with Crippen molar-refractivity contribution in [1.29, 1.82) is 0 Å². The molecule has 0 saturated heterocycles. The minimum atomic E-state index is -0.263. The molecule has 5 nitrogen and oxygen atoms in total. The fourth-order valence-electron chi connectivity index (χ4n) is 1.61. The van der Waals surface area contributed by atoms with Gasteiger partial charge >= 0.3 is 6.03 Å². The SMILES string of the molecule is CC(Cc1ccc(Br)cc1)NC(=O)Nc1nncs1. The molecule has 0 saturated carbocycles. The van der Waals surface area contributed by atoms with Gasteiger partial charge in [0.25, 0.3) is 0 Å². The van der Waals surface area contributed by atoms with Gasteiger partial charge in [0, 0.05) is 10.5 Å². The number of rotatable bonds is 4. The molecule has 1 unspecified atom stereocenters. The minimum Gasteiger partial charge on any atom is -0.335 e. The first kappa shape index (κ1) is 14.0. The first-order valence-corrected chi connectivity index (χ1v) is 7.39. The summed E-state index contributed by atoms with van der Waals surface area (Å²) in [5, 5.41) is 13.4. The Bertz CT molecular complexity index is 529. The Morgan fingerprint density at radius 3 is 2.79 bits per heavy atom. The number of nitrogens with zero attached hydrogens (tertiary/aromatic N) is 2. The van der Waals surface area contributed by atoms with Gasteiger partial charge in [-0.3, -0.25) is 5.32 Å². The Morgan fingerprint density at radius 1 is 1.42 bits per heavy atom. The van der Waals surface area contributed by atoms with Gasteiger partial charge in [-0.15, -0.1) is 10.2 Å². The Kier molecular flexibility index (Phi) is 4.86. The van der Waals surface area contributed by atoms with Gasteiger partial charge in [0.15, 0.2) is 0 Å². The van der Waals surface area contributed by atoms with Crippen molar-refractivity contribution in [3.05, 3.63) is 39.8 Å². The van der Waals surface area contributed by atoms with Crippen LogP contribution < -0.4 is 10.6 Å². The molecule has 7 heteroatoms. The van der Waals surface area contributed by atoms with Crippen LogP contribution in [0.2, 0.25) is 0 Å². The van der Waals surface area contributed by atoms with Gasteiger partial charge in [-0.1, -0.05) is 39.4 Å². The maximum Gasteiger partial charge on any atom is 0.321 e. The molecule has 0 aliphatic heterocycles. The molecule has 2 amide bonds. The van der Waals surface area contributed by atoms with Crippen LogP contribution in [0.3, 0.4) is 0 Å². The second-order valence-electron chi connectivity index (χ2n) is 4.07. The molecule has 2 N–H and O–H groups in total. The molecule has 1 aromatic heterocycles. The van der Waals surface area contributed by atoms with Crippen LogP contribution in [0.4, 0.5) is 9.93 Å². The van der Waals surface area contributed by atoms with Crippen LogP contribution in [0.15, 0.2) is 34.2 Å². The number of amides is 2. The normalized spacial score (nSPS) is 11.9. The molecule has 2 aromatic rings. The molecule has 0 bridgehead atoms. The largest absolute Gasteiger partial charge is 0.335 e. The van der Waals surface area contributed by atoms with Gasteiger partial charge in [-0.2, -0.15) is 0 Å². The van der Waals surface area contributed by atoms with Crippen molar-refractivity contribution in [2.24, 2.45) is 0 Å². The summed E-state index contributed by atoms with van der Waals surface area (Å²) in [5.74, 6) is 0. The topological polar surface area (TPSA) is 66.9 Å².